The molecule has 1 atom stereocenters. The minimum Gasteiger partial charge on any atom is -0.327 e. The lowest BCUT2D eigenvalue weighted by Crippen LogP contribution is -2.47. The van der Waals surface area contributed by atoms with Gasteiger partial charge in [-0.3, -0.25) is 14.4 Å². The minimum absolute atomic E-state index is 0.143. The normalized spacial score (nSPS) is 19.0. The number of anilines is 2. The zero-order chi connectivity index (χ0) is 19.1. The summed E-state index contributed by atoms with van der Waals surface area (Å²) in [5.74, 6) is -0.672. The molecule has 140 valence electrons. The summed E-state index contributed by atoms with van der Waals surface area (Å²) in [7, 11) is 0. The Kier molecular flexibility index (Phi) is 4.43. The van der Waals surface area contributed by atoms with Crippen molar-refractivity contribution < 1.29 is 14.4 Å². The third-order valence-corrected chi connectivity index (χ3v) is 6.05. The van der Waals surface area contributed by atoms with Gasteiger partial charge in [-0.2, -0.15) is 0 Å². The van der Waals surface area contributed by atoms with Gasteiger partial charge in [0.15, 0.2) is 5.13 Å². The Morgan fingerprint density at radius 2 is 2.07 bits per heavy atom. The quantitative estimate of drug-likeness (QED) is 0.881. The van der Waals surface area contributed by atoms with Crippen LogP contribution in [0.4, 0.5) is 10.8 Å². The first-order valence-electron chi connectivity index (χ1n) is 8.91. The lowest BCUT2D eigenvalue weighted by Gasteiger charge is -2.25. The van der Waals surface area contributed by atoms with Gasteiger partial charge in [-0.05, 0) is 38.8 Å². The molecule has 0 aliphatic carbocycles. The first-order chi connectivity index (χ1) is 13.0. The Balaban J connectivity index is 1.63. The zero-order valence-corrected chi connectivity index (χ0v) is 16.0. The van der Waals surface area contributed by atoms with Crippen LogP contribution < -0.4 is 10.2 Å². The largest absolute Gasteiger partial charge is 0.327 e. The monoisotopic (exact) mass is 384 g/mol. The topological polar surface area (TPSA) is 82.6 Å². The van der Waals surface area contributed by atoms with Crippen LogP contribution in [-0.4, -0.2) is 46.7 Å². The van der Waals surface area contributed by atoms with Crippen molar-refractivity contribution in [2.45, 2.75) is 32.7 Å². The van der Waals surface area contributed by atoms with Crippen molar-refractivity contribution in [1.29, 1.82) is 0 Å². The Labute approximate surface area is 161 Å². The Bertz CT molecular complexity index is 919. The highest BCUT2D eigenvalue weighted by Gasteiger charge is 2.42. The lowest BCUT2D eigenvalue weighted by atomic mass is 10.1. The molecule has 1 saturated heterocycles. The summed E-state index contributed by atoms with van der Waals surface area (Å²) < 4.78 is 0. The molecule has 2 aliphatic rings. The van der Waals surface area contributed by atoms with Gasteiger partial charge in [-0.15, -0.1) is 11.3 Å². The summed E-state index contributed by atoms with van der Waals surface area (Å²) in [6.45, 7) is 4.25. The van der Waals surface area contributed by atoms with E-state index in [0.717, 1.165) is 17.0 Å². The number of fused-ring (bicyclic) bond motifs is 2. The maximum atomic E-state index is 13.1. The fourth-order valence-electron chi connectivity index (χ4n) is 3.60. The number of benzene rings is 1. The highest BCUT2D eigenvalue weighted by Crippen LogP contribution is 2.32. The van der Waals surface area contributed by atoms with E-state index in [2.05, 4.69) is 10.3 Å². The van der Waals surface area contributed by atoms with Gasteiger partial charge in [-0.1, -0.05) is 12.1 Å². The number of aryl methyl sites for hydroxylation is 2. The van der Waals surface area contributed by atoms with Crippen LogP contribution >= 0.6 is 11.3 Å². The van der Waals surface area contributed by atoms with Gasteiger partial charge in [-0.25, -0.2) is 4.98 Å². The predicted octanol–water partition coefficient (Wildman–Crippen LogP) is 2.35. The molecule has 3 amide bonds. The number of rotatable bonds is 3. The molecule has 4 rings (SSSR count). The number of hydrogen-bond donors (Lipinski definition) is 1. The van der Waals surface area contributed by atoms with Gasteiger partial charge in [0.2, 0.25) is 11.8 Å². The van der Waals surface area contributed by atoms with E-state index in [1.54, 1.807) is 29.2 Å². The van der Waals surface area contributed by atoms with Gasteiger partial charge in [0.25, 0.3) is 5.91 Å². The molecule has 1 N–H and O–H groups in total. The summed E-state index contributed by atoms with van der Waals surface area (Å²) in [5.41, 5.74) is 1.83. The van der Waals surface area contributed by atoms with Gasteiger partial charge < -0.3 is 15.1 Å². The molecule has 8 heteroatoms. The SMILES string of the molecule is Cc1nc(NC(=O)CN2C(=O)[C@@H]3CCCN3C(=O)c3ccccc32)sc1C. The van der Waals surface area contributed by atoms with Crippen molar-refractivity contribution in [2.75, 3.05) is 23.3 Å². The molecule has 3 heterocycles. The molecule has 0 bridgehead atoms. The third kappa shape index (κ3) is 3.10. The molecular formula is C19H20N4O3S. The number of carbonyl (C=O) groups excluding carboxylic acids is 3. The molecule has 0 unspecified atom stereocenters. The maximum Gasteiger partial charge on any atom is 0.256 e. The van der Waals surface area contributed by atoms with E-state index in [9.17, 15) is 14.4 Å². The first-order valence-corrected chi connectivity index (χ1v) is 9.72. The number of carbonyl (C=O) groups is 3. The van der Waals surface area contributed by atoms with E-state index in [1.807, 2.05) is 13.8 Å². The van der Waals surface area contributed by atoms with E-state index in [4.69, 9.17) is 0 Å². The van der Waals surface area contributed by atoms with Crippen LogP contribution in [0.3, 0.4) is 0 Å². The van der Waals surface area contributed by atoms with Crippen molar-refractivity contribution in [3.63, 3.8) is 0 Å². The average Bonchev–Trinajstić information content (AvgIpc) is 3.23. The number of aromatic nitrogens is 1. The second-order valence-electron chi connectivity index (χ2n) is 6.81. The van der Waals surface area contributed by atoms with Crippen LogP contribution in [0.1, 0.15) is 33.8 Å². The van der Waals surface area contributed by atoms with E-state index in [0.29, 0.717) is 29.3 Å². The molecule has 2 aromatic rings. The fourth-order valence-corrected chi connectivity index (χ4v) is 4.43. The summed E-state index contributed by atoms with van der Waals surface area (Å²) in [4.78, 5) is 47.0. The van der Waals surface area contributed by atoms with E-state index >= 15 is 0 Å². The molecule has 0 spiro atoms. The number of hydrogen-bond acceptors (Lipinski definition) is 5. The molecule has 27 heavy (non-hydrogen) atoms. The molecule has 0 radical (unpaired) electrons. The predicted molar refractivity (Wildman–Crippen MR) is 103 cm³/mol. The van der Waals surface area contributed by atoms with Crippen LogP contribution in [-0.2, 0) is 9.59 Å². The summed E-state index contributed by atoms with van der Waals surface area (Å²) in [6.07, 6.45) is 1.42. The van der Waals surface area contributed by atoms with Crippen molar-refractivity contribution in [3.05, 3.63) is 40.4 Å². The number of nitrogens with zero attached hydrogens (tertiary/aromatic N) is 3. The summed E-state index contributed by atoms with van der Waals surface area (Å²) in [6, 6.07) is 6.48. The van der Waals surface area contributed by atoms with Crippen LogP contribution in [0.2, 0.25) is 0 Å². The van der Waals surface area contributed by atoms with Crippen LogP contribution in [0.15, 0.2) is 24.3 Å². The van der Waals surface area contributed by atoms with E-state index in [1.165, 1.54) is 16.2 Å². The highest BCUT2D eigenvalue weighted by molar-refractivity contribution is 7.15. The Hall–Kier alpha value is -2.74. The minimum atomic E-state index is -0.498. The van der Waals surface area contributed by atoms with Crippen LogP contribution in [0, 0.1) is 13.8 Å². The maximum absolute atomic E-state index is 13.1. The van der Waals surface area contributed by atoms with Crippen molar-refractivity contribution in [1.82, 2.24) is 9.88 Å². The molecular weight excluding hydrogens is 364 g/mol. The van der Waals surface area contributed by atoms with Crippen LogP contribution in [0.25, 0.3) is 0 Å². The molecule has 0 saturated carbocycles. The molecule has 1 fully saturated rings. The van der Waals surface area contributed by atoms with Crippen LogP contribution in [0.5, 0.6) is 0 Å². The second-order valence-corrected chi connectivity index (χ2v) is 8.01. The van der Waals surface area contributed by atoms with E-state index < -0.39 is 6.04 Å². The highest BCUT2D eigenvalue weighted by atomic mass is 32.1. The standard InChI is InChI=1S/C19H20N4O3S/c1-11-12(2)27-19(20-11)21-16(24)10-23-14-7-4-3-6-13(14)17(25)22-9-5-8-15(22)18(23)26/h3-4,6-7,15H,5,8-10H2,1-2H3,(H,20,21,24)/t15-/m0/s1. The Morgan fingerprint density at radius 1 is 1.30 bits per heavy atom. The number of nitrogens with one attached hydrogen (secondary N) is 1. The van der Waals surface area contributed by atoms with Crippen molar-refractivity contribution >= 4 is 39.9 Å². The number of thiazole rings is 1. The molecule has 7 nitrogen and oxygen atoms in total. The van der Waals surface area contributed by atoms with Gasteiger partial charge in [0.1, 0.15) is 12.6 Å². The van der Waals surface area contributed by atoms with Gasteiger partial charge >= 0.3 is 0 Å². The van der Waals surface area contributed by atoms with E-state index in [-0.39, 0.29) is 24.3 Å². The summed E-state index contributed by atoms with van der Waals surface area (Å²) in [5, 5.41) is 3.29. The number of para-hydroxylation sites is 1. The van der Waals surface area contributed by atoms with Gasteiger partial charge in [0.05, 0.1) is 16.9 Å². The smallest absolute Gasteiger partial charge is 0.256 e. The second kappa shape index (κ2) is 6.77. The zero-order valence-electron chi connectivity index (χ0n) is 15.2. The third-order valence-electron chi connectivity index (χ3n) is 5.07. The molecule has 1 aromatic heterocycles. The first kappa shape index (κ1) is 17.7. The van der Waals surface area contributed by atoms with Crippen molar-refractivity contribution in [3.8, 4) is 0 Å². The molecule has 1 aromatic carbocycles. The Morgan fingerprint density at radius 3 is 2.81 bits per heavy atom. The lowest BCUT2D eigenvalue weighted by molar-refractivity contribution is -0.124. The summed E-state index contributed by atoms with van der Waals surface area (Å²) >= 11 is 1.40. The van der Waals surface area contributed by atoms with Gasteiger partial charge in [0, 0.05) is 11.4 Å². The number of amides is 3. The fraction of sp³-hybridized carbons (Fsp3) is 0.368. The average molecular weight is 384 g/mol. The van der Waals surface area contributed by atoms with Crippen molar-refractivity contribution in [2.24, 2.45) is 0 Å². The molecule has 2 aliphatic heterocycles.